The molecule has 148 valence electrons. The lowest BCUT2D eigenvalue weighted by molar-refractivity contribution is 0.0594. The van der Waals surface area contributed by atoms with Crippen LogP contribution in [0.15, 0.2) is 84.9 Å². The van der Waals surface area contributed by atoms with Crippen molar-refractivity contribution in [2.24, 2.45) is 5.73 Å². The van der Waals surface area contributed by atoms with Gasteiger partial charge in [-0.05, 0) is 52.2 Å². The van der Waals surface area contributed by atoms with Crippen molar-refractivity contribution in [1.29, 1.82) is 0 Å². The lowest BCUT2D eigenvalue weighted by Crippen LogP contribution is -2.21. The highest BCUT2D eigenvalue weighted by Gasteiger charge is 2.25. The summed E-state index contributed by atoms with van der Waals surface area (Å²) < 4.78 is 0. The summed E-state index contributed by atoms with van der Waals surface area (Å²) in [6.45, 7) is 0. The van der Waals surface area contributed by atoms with Gasteiger partial charge in [-0.2, -0.15) is 0 Å². The molecular weight excluding hydrogens is 378 g/mol. The molecule has 6 nitrogen and oxygen atoms in total. The van der Waals surface area contributed by atoms with Crippen molar-refractivity contribution in [3.05, 3.63) is 96.1 Å². The predicted octanol–water partition coefficient (Wildman–Crippen LogP) is 4.37. The number of primary amides is 1. The standard InChI is InChI=1S/C24H19N3O3/c25-17-10-12-18(13-11-17)27-30-24(29)22-20(15-6-2-1-3-7-15)14-16-8-4-5-9-19(16)21(22)23(26)28/h1-14,27H,25H2,(H2,26,28). The SMILES string of the molecule is NC(=O)c1c(C(=O)ONc2ccc(N)cc2)c(-c2ccccc2)cc2ccccc12. The molecule has 0 atom stereocenters. The van der Waals surface area contributed by atoms with E-state index in [0.717, 1.165) is 10.9 Å². The Kier molecular flexibility index (Phi) is 5.05. The fourth-order valence-electron chi connectivity index (χ4n) is 3.37. The number of hydrogen-bond acceptors (Lipinski definition) is 5. The van der Waals surface area contributed by atoms with Crippen LogP contribution in [0, 0.1) is 0 Å². The fraction of sp³-hybridized carbons (Fsp3) is 0. The van der Waals surface area contributed by atoms with Gasteiger partial charge in [0.1, 0.15) is 0 Å². The number of nitrogens with two attached hydrogens (primary N) is 2. The molecule has 0 radical (unpaired) electrons. The maximum atomic E-state index is 13.1. The number of hydrogen-bond donors (Lipinski definition) is 3. The average molecular weight is 397 g/mol. The number of nitrogen functional groups attached to an aromatic ring is 1. The molecule has 5 N–H and O–H groups in total. The highest BCUT2D eigenvalue weighted by Crippen LogP contribution is 2.33. The van der Waals surface area contributed by atoms with Crippen LogP contribution in [0.4, 0.5) is 11.4 Å². The number of carbonyl (C=O) groups is 2. The van der Waals surface area contributed by atoms with E-state index in [0.29, 0.717) is 22.3 Å². The summed E-state index contributed by atoms with van der Waals surface area (Å²) in [7, 11) is 0. The molecule has 0 heterocycles. The summed E-state index contributed by atoms with van der Waals surface area (Å²) in [5.41, 5.74) is 16.7. The van der Waals surface area contributed by atoms with Gasteiger partial charge < -0.3 is 16.3 Å². The monoisotopic (exact) mass is 397 g/mol. The highest BCUT2D eigenvalue weighted by atomic mass is 16.7. The van der Waals surface area contributed by atoms with E-state index in [9.17, 15) is 9.59 Å². The van der Waals surface area contributed by atoms with Crippen LogP contribution in [0.25, 0.3) is 21.9 Å². The summed E-state index contributed by atoms with van der Waals surface area (Å²) in [6, 6.07) is 25.2. The fourth-order valence-corrected chi connectivity index (χ4v) is 3.37. The van der Waals surface area contributed by atoms with Gasteiger partial charge in [-0.1, -0.05) is 54.6 Å². The van der Waals surface area contributed by atoms with Crippen LogP contribution in [-0.4, -0.2) is 11.9 Å². The minimum Gasteiger partial charge on any atom is -0.399 e. The van der Waals surface area contributed by atoms with Gasteiger partial charge >= 0.3 is 5.97 Å². The van der Waals surface area contributed by atoms with Crippen LogP contribution in [0.3, 0.4) is 0 Å². The van der Waals surface area contributed by atoms with E-state index in [1.54, 1.807) is 36.4 Å². The first kappa shape index (κ1) is 19.0. The quantitative estimate of drug-likeness (QED) is 0.342. The van der Waals surface area contributed by atoms with Gasteiger partial charge in [0.15, 0.2) is 0 Å². The molecule has 0 aliphatic carbocycles. The summed E-state index contributed by atoms with van der Waals surface area (Å²) in [5, 5.41) is 1.39. The number of fused-ring (bicyclic) bond motifs is 1. The van der Waals surface area contributed by atoms with Crippen LogP contribution in [0.5, 0.6) is 0 Å². The third-order valence-corrected chi connectivity index (χ3v) is 4.76. The number of rotatable bonds is 5. The van der Waals surface area contributed by atoms with E-state index in [4.69, 9.17) is 16.3 Å². The minimum atomic E-state index is -0.717. The molecule has 0 fully saturated rings. The zero-order chi connectivity index (χ0) is 21.1. The van der Waals surface area contributed by atoms with Crippen LogP contribution < -0.4 is 16.9 Å². The molecule has 4 rings (SSSR count). The molecule has 4 aromatic carbocycles. The van der Waals surface area contributed by atoms with Crippen molar-refractivity contribution in [2.75, 3.05) is 11.2 Å². The van der Waals surface area contributed by atoms with Gasteiger partial charge in [-0.3, -0.25) is 4.79 Å². The van der Waals surface area contributed by atoms with Crippen molar-refractivity contribution in [1.82, 2.24) is 0 Å². The largest absolute Gasteiger partial charge is 0.399 e. The Labute approximate surface area is 173 Å². The van der Waals surface area contributed by atoms with Crippen LogP contribution >= 0.6 is 0 Å². The Morgan fingerprint density at radius 2 is 1.47 bits per heavy atom. The van der Waals surface area contributed by atoms with Gasteiger partial charge in [0.2, 0.25) is 5.91 Å². The van der Waals surface area contributed by atoms with E-state index in [1.165, 1.54) is 0 Å². The number of benzene rings is 4. The Hall–Kier alpha value is -4.32. The number of carbonyl (C=O) groups excluding carboxylic acids is 2. The normalized spacial score (nSPS) is 10.5. The van der Waals surface area contributed by atoms with E-state index in [-0.39, 0.29) is 11.1 Å². The van der Waals surface area contributed by atoms with E-state index >= 15 is 0 Å². The van der Waals surface area contributed by atoms with Gasteiger partial charge in [0, 0.05) is 5.69 Å². The zero-order valence-corrected chi connectivity index (χ0v) is 16.0. The topological polar surface area (TPSA) is 107 Å². The minimum absolute atomic E-state index is 0.107. The molecule has 0 aromatic heterocycles. The first-order valence-corrected chi connectivity index (χ1v) is 9.28. The first-order valence-electron chi connectivity index (χ1n) is 9.28. The molecule has 30 heavy (non-hydrogen) atoms. The first-order chi connectivity index (χ1) is 14.5. The molecule has 0 saturated heterocycles. The zero-order valence-electron chi connectivity index (χ0n) is 16.0. The van der Waals surface area contributed by atoms with Crippen molar-refractivity contribution < 1.29 is 14.4 Å². The summed E-state index contributed by atoms with van der Waals surface area (Å²) in [5.74, 6) is -1.42. The van der Waals surface area contributed by atoms with Crippen LogP contribution in [-0.2, 0) is 4.84 Å². The Morgan fingerprint density at radius 3 is 2.17 bits per heavy atom. The second-order valence-electron chi connectivity index (χ2n) is 6.74. The maximum absolute atomic E-state index is 13.1. The molecule has 6 heteroatoms. The smallest absolute Gasteiger partial charge is 0.364 e. The Morgan fingerprint density at radius 1 is 0.800 bits per heavy atom. The molecule has 0 unspecified atom stereocenters. The number of nitrogens with one attached hydrogen (secondary N) is 1. The van der Waals surface area contributed by atoms with Gasteiger partial charge in [-0.15, -0.1) is 0 Å². The molecule has 0 aliphatic heterocycles. The van der Waals surface area contributed by atoms with Gasteiger partial charge in [0.05, 0.1) is 16.8 Å². The maximum Gasteiger partial charge on any atom is 0.364 e. The van der Waals surface area contributed by atoms with Crippen molar-refractivity contribution in [3.8, 4) is 11.1 Å². The lowest BCUT2D eigenvalue weighted by atomic mass is 9.90. The van der Waals surface area contributed by atoms with Crippen LogP contribution in [0.1, 0.15) is 20.7 Å². The third-order valence-electron chi connectivity index (χ3n) is 4.76. The molecule has 0 saturated carbocycles. The van der Waals surface area contributed by atoms with Crippen molar-refractivity contribution in [3.63, 3.8) is 0 Å². The molecule has 0 spiro atoms. The number of anilines is 2. The summed E-state index contributed by atoms with van der Waals surface area (Å²) in [6.07, 6.45) is 0. The average Bonchev–Trinajstić information content (AvgIpc) is 2.77. The predicted molar refractivity (Wildman–Crippen MR) is 118 cm³/mol. The van der Waals surface area contributed by atoms with Crippen molar-refractivity contribution >= 4 is 34.0 Å². The van der Waals surface area contributed by atoms with E-state index < -0.39 is 11.9 Å². The van der Waals surface area contributed by atoms with Gasteiger partial charge in [0.25, 0.3) is 0 Å². The van der Waals surface area contributed by atoms with Crippen LogP contribution in [0.2, 0.25) is 0 Å². The van der Waals surface area contributed by atoms with E-state index in [1.807, 2.05) is 48.5 Å². The van der Waals surface area contributed by atoms with Crippen molar-refractivity contribution in [2.45, 2.75) is 0 Å². The highest BCUT2D eigenvalue weighted by molar-refractivity contribution is 6.17. The second-order valence-corrected chi connectivity index (χ2v) is 6.74. The second kappa shape index (κ2) is 7.97. The summed E-state index contributed by atoms with van der Waals surface area (Å²) >= 11 is 0. The molecule has 0 bridgehead atoms. The molecular formula is C24H19N3O3. The van der Waals surface area contributed by atoms with E-state index in [2.05, 4.69) is 5.48 Å². The molecule has 0 aliphatic rings. The van der Waals surface area contributed by atoms with Gasteiger partial charge in [-0.25, -0.2) is 10.3 Å². The number of amides is 1. The Balaban J connectivity index is 1.85. The third kappa shape index (κ3) is 3.66. The lowest BCUT2D eigenvalue weighted by Gasteiger charge is -2.16. The molecule has 1 amide bonds. The molecule has 4 aromatic rings. The summed E-state index contributed by atoms with van der Waals surface area (Å²) in [4.78, 5) is 30.9. The Bertz CT molecular complexity index is 1240.